The van der Waals surface area contributed by atoms with Gasteiger partial charge in [-0.1, -0.05) is 48.5 Å². The van der Waals surface area contributed by atoms with E-state index in [4.69, 9.17) is 4.74 Å². The number of nitrogens with zero attached hydrogens (tertiary/aromatic N) is 2. The summed E-state index contributed by atoms with van der Waals surface area (Å²) in [5.74, 6) is 0.335. The molecule has 0 fully saturated rings. The molecule has 0 spiro atoms. The molecule has 5 nitrogen and oxygen atoms in total. The van der Waals surface area contributed by atoms with Crippen LogP contribution in [0.1, 0.15) is 21.6 Å². The Hall–Kier alpha value is -3.47. The summed E-state index contributed by atoms with van der Waals surface area (Å²) in [6.07, 6.45) is 3.12. The van der Waals surface area contributed by atoms with Crippen molar-refractivity contribution in [1.82, 2.24) is 10.4 Å². The topological polar surface area (TPSA) is 63.6 Å². The molecule has 3 aromatic rings. The van der Waals surface area contributed by atoms with Crippen LogP contribution in [0.3, 0.4) is 0 Å². The fourth-order valence-electron chi connectivity index (χ4n) is 2.17. The minimum Gasteiger partial charge on any atom is -0.488 e. The van der Waals surface area contributed by atoms with Gasteiger partial charge >= 0.3 is 0 Å². The summed E-state index contributed by atoms with van der Waals surface area (Å²) in [6, 6.07) is 22.6. The smallest absolute Gasteiger partial charge is 0.289 e. The van der Waals surface area contributed by atoms with Crippen molar-refractivity contribution < 1.29 is 9.53 Å². The van der Waals surface area contributed by atoms with Gasteiger partial charge in [0.2, 0.25) is 0 Å². The van der Waals surface area contributed by atoms with Crippen molar-refractivity contribution >= 4 is 12.1 Å². The number of pyridine rings is 1. The van der Waals surface area contributed by atoms with Crippen LogP contribution in [-0.4, -0.2) is 17.1 Å². The molecule has 124 valence electrons. The van der Waals surface area contributed by atoms with E-state index in [9.17, 15) is 4.79 Å². The number of benzene rings is 2. The van der Waals surface area contributed by atoms with Crippen molar-refractivity contribution in [3.8, 4) is 5.75 Å². The Balaban J connectivity index is 1.63. The number of hydrazone groups is 1. The van der Waals surface area contributed by atoms with Gasteiger partial charge in [0.05, 0.1) is 6.21 Å². The summed E-state index contributed by atoms with van der Waals surface area (Å²) in [5, 5.41) is 3.99. The number of ether oxygens (including phenoxy) is 1. The normalized spacial score (nSPS) is 10.6. The van der Waals surface area contributed by atoms with Crippen LogP contribution in [0, 0.1) is 0 Å². The molecule has 0 aliphatic carbocycles. The number of hydrogen-bond donors (Lipinski definition) is 1. The predicted molar refractivity (Wildman–Crippen MR) is 96.5 cm³/mol. The Labute approximate surface area is 146 Å². The van der Waals surface area contributed by atoms with Gasteiger partial charge in [0.15, 0.2) is 0 Å². The van der Waals surface area contributed by atoms with E-state index in [2.05, 4.69) is 15.5 Å². The standard InChI is InChI=1S/C20H17N3O2/c24-20(18-11-6-7-13-21-18)23-22-14-17-10-4-5-12-19(17)25-15-16-8-2-1-3-9-16/h1-14H,15H2,(H,23,24)/b22-14-. The van der Waals surface area contributed by atoms with Crippen LogP contribution >= 0.6 is 0 Å². The molecule has 1 N–H and O–H groups in total. The minimum atomic E-state index is -0.362. The lowest BCUT2D eigenvalue weighted by Crippen LogP contribution is -2.18. The number of carbonyl (C=O) groups is 1. The molecule has 1 amide bonds. The number of para-hydroxylation sites is 1. The highest BCUT2D eigenvalue weighted by Crippen LogP contribution is 2.17. The molecule has 0 unspecified atom stereocenters. The number of hydrogen-bond acceptors (Lipinski definition) is 4. The third-order valence-electron chi connectivity index (χ3n) is 3.42. The van der Waals surface area contributed by atoms with E-state index >= 15 is 0 Å². The molecular formula is C20H17N3O2. The highest BCUT2D eigenvalue weighted by atomic mass is 16.5. The second-order valence-corrected chi connectivity index (χ2v) is 5.23. The van der Waals surface area contributed by atoms with Crippen LogP contribution in [0.5, 0.6) is 5.75 Å². The number of nitrogens with one attached hydrogen (secondary N) is 1. The van der Waals surface area contributed by atoms with Crippen LogP contribution in [0.2, 0.25) is 0 Å². The monoisotopic (exact) mass is 331 g/mol. The lowest BCUT2D eigenvalue weighted by atomic mass is 10.2. The molecule has 0 bridgehead atoms. The third-order valence-corrected chi connectivity index (χ3v) is 3.42. The highest BCUT2D eigenvalue weighted by Gasteiger charge is 2.05. The maximum Gasteiger partial charge on any atom is 0.289 e. The molecule has 1 aromatic heterocycles. The second-order valence-electron chi connectivity index (χ2n) is 5.23. The van der Waals surface area contributed by atoms with Crippen LogP contribution < -0.4 is 10.2 Å². The minimum absolute atomic E-state index is 0.313. The van der Waals surface area contributed by atoms with Gasteiger partial charge in [-0.15, -0.1) is 0 Å². The predicted octanol–water partition coefficient (Wildman–Crippen LogP) is 3.42. The maximum atomic E-state index is 11.9. The molecule has 0 atom stereocenters. The second kappa shape index (κ2) is 8.40. The summed E-state index contributed by atoms with van der Waals surface area (Å²) >= 11 is 0. The van der Waals surface area contributed by atoms with E-state index in [1.54, 1.807) is 30.6 Å². The van der Waals surface area contributed by atoms with Crippen molar-refractivity contribution in [1.29, 1.82) is 0 Å². The molecular weight excluding hydrogens is 314 g/mol. The van der Waals surface area contributed by atoms with Gasteiger partial charge in [-0.25, -0.2) is 5.43 Å². The van der Waals surface area contributed by atoms with Crippen LogP contribution in [0.4, 0.5) is 0 Å². The first-order chi connectivity index (χ1) is 12.3. The lowest BCUT2D eigenvalue weighted by Gasteiger charge is -2.08. The Kier molecular flexibility index (Phi) is 5.51. The first-order valence-electron chi connectivity index (χ1n) is 7.83. The Morgan fingerprint density at radius 1 is 1.00 bits per heavy atom. The summed E-state index contributed by atoms with van der Waals surface area (Å²) in [7, 11) is 0. The molecule has 0 radical (unpaired) electrons. The fourth-order valence-corrected chi connectivity index (χ4v) is 2.17. The van der Waals surface area contributed by atoms with Gasteiger partial charge in [0.25, 0.3) is 5.91 Å². The van der Waals surface area contributed by atoms with E-state index in [1.165, 1.54) is 0 Å². The van der Waals surface area contributed by atoms with E-state index < -0.39 is 0 Å². The van der Waals surface area contributed by atoms with Crippen molar-refractivity contribution in [2.24, 2.45) is 5.10 Å². The number of rotatable bonds is 6. The van der Waals surface area contributed by atoms with Gasteiger partial charge < -0.3 is 4.74 Å². The average Bonchev–Trinajstić information content (AvgIpc) is 2.68. The van der Waals surface area contributed by atoms with E-state index in [0.29, 0.717) is 18.1 Å². The average molecular weight is 331 g/mol. The fraction of sp³-hybridized carbons (Fsp3) is 0.0500. The van der Waals surface area contributed by atoms with Crippen LogP contribution in [-0.2, 0) is 6.61 Å². The summed E-state index contributed by atoms with van der Waals surface area (Å²) in [4.78, 5) is 15.9. The van der Waals surface area contributed by atoms with Gasteiger partial charge in [0.1, 0.15) is 18.1 Å². The summed E-state index contributed by atoms with van der Waals surface area (Å²) < 4.78 is 5.85. The summed E-state index contributed by atoms with van der Waals surface area (Å²) in [6.45, 7) is 0.464. The van der Waals surface area contributed by atoms with Crippen LogP contribution in [0.25, 0.3) is 0 Å². The zero-order valence-electron chi connectivity index (χ0n) is 13.5. The molecule has 0 aliphatic rings. The molecule has 1 heterocycles. The van der Waals surface area contributed by atoms with Crippen molar-refractivity contribution in [3.05, 3.63) is 95.8 Å². The zero-order chi connectivity index (χ0) is 17.3. The molecule has 2 aromatic carbocycles. The zero-order valence-corrected chi connectivity index (χ0v) is 13.5. The Morgan fingerprint density at radius 3 is 2.56 bits per heavy atom. The quantitative estimate of drug-likeness (QED) is 0.556. The SMILES string of the molecule is O=C(N/N=C\c1ccccc1OCc1ccccc1)c1ccccn1. The number of carbonyl (C=O) groups excluding carboxylic acids is 1. The van der Waals surface area contributed by atoms with Crippen molar-refractivity contribution in [2.45, 2.75) is 6.61 Å². The first kappa shape index (κ1) is 16.4. The molecule has 0 saturated heterocycles. The summed E-state index contributed by atoms with van der Waals surface area (Å²) in [5.41, 5.74) is 4.63. The lowest BCUT2D eigenvalue weighted by molar-refractivity contribution is 0.0950. The largest absolute Gasteiger partial charge is 0.488 e. The van der Waals surface area contributed by atoms with Crippen molar-refractivity contribution in [3.63, 3.8) is 0 Å². The molecule has 25 heavy (non-hydrogen) atoms. The van der Waals surface area contributed by atoms with Crippen LogP contribution in [0.15, 0.2) is 84.1 Å². The van der Waals surface area contributed by atoms with E-state index in [-0.39, 0.29) is 5.91 Å². The van der Waals surface area contributed by atoms with Gasteiger partial charge in [-0.2, -0.15) is 5.10 Å². The first-order valence-corrected chi connectivity index (χ1v) is 7.83. The van der Waals surface area contributed by atoms with Crippen molar-refractivity contribution in [2.75, 3.05) is 0 Å². The maximum absolute atomic E-state index is 11.9. The number of amides is 1. The van der Waals surface area contributed by atoms with Gasteiger partial charge in [0, 0.05) is 11.8 Å². The third kappa shape index (κ3) is 4.75. The van der Waals surface area contributed by atoms with E-state index in [1.807, 2.05) is 54.6 Å². The molecule has 3 rings (SSSR count). The number of aromatic nitrogens is 1. The van der Waals surface area contributed by atoms with Gasteiger partial charge in [-0.3, -0.25) is 9.78 Å². The Morgan fingerprint density at radius 2 is 1.76 bits per heavy atom. The van der Waals surface area contributed by atoms with E-state index in [0.717, 1.165) is 11.1 Å². The Bertz CT molecular complexity index is 849. The molecule has 0 saturated carbocycles. The molecule has 0 aliphatic heterocycles. The molecule has 5 heteroatoms. The highest BCUT2D eigenvalue weighted by molar-refractivity contribution is 5.93. The van der Waals surface area contributed by atoms with Gasteiger partial charge in [-0.05, 0) is 29.8 Å².